The van der Waals surface area contributed by atoms with Crippen LogP contribution >= 0.6 is 0 Å². The molecule has 0 spiro atoms. The van der Waals surface area contributed by atoms with Gasteiger partial charge in [-0.15, -0.1) is 0 Å². The van der Waals surface area contributed by atoms with Crippen LogP contribution in [-0.2, 0) is 0 Å². The van der Waals surface area contributed by atoms with Gasteiger partial charge in [-0.05, 0) is 55.2 Å². The third kappa shape index (κ3) is 5.30. The molecule has 140 valence electrons. The van der Waals surface area contributed by atoms with Crippen LogP contribution in [0.25, 0.3) is 0 Å². The van der Waals surface area contributed by atoms with Crippen LogP contribution in [0.4, 0.5) is 4.39 Å². The summed E-state index contributed by atoms with van der Waals surface area (Å²) in [5.41, 5.74) is 0.252. The molecule has 4 nitrogen and oxygen atoms in total. The number of rotatable bonds is 7. The van der Waals surface area contributed by atoms with E-state index in [9.17, 15) is 9.18 Å². The van der Waals surface area contributed by atoms with E-state index >= 15 is 0 Å². The highest BCUT2D eigenvalue weighted by Crippen LogP contribution is 2.28. The van der Waals surface area contributed by atoms with Crippen LogP contribution in [-0.4, -0.2) is 12.6 Å². The first kappa shape index (κ1) is 18.9. The summed E-state index contributed by atoms with van der Waals surface area (Å²) in [6, 6.07) is 12.1. The summed E-state index contributed by atoms with van der Waals surface area (Å²) in [6.07, 6.45) is 7.67. The van der Waals surface area contributed by atoms with Crippen LogP contribution in [0.2, 0.25) is 0 Å². The Bertz CT molecular complexity index is 820. The molecule has 0 atom stereocenters. The fraction of sp³-hybridized carbons (Fsp3) is 0.364. The zero-order chi connectivity index (χ0) is 19.1. The molecule has 0 aliphatic heterocycles. The van der Waals surface area contributed by atoms with E-state index in [0.29, 0.717) is 17.9 Å². The first-order chi connectivity index (χ1) is 13.2. The molecule has 0 unspecified atom stereocenters. The number of carbonyl (C=O) groups is 1. The van der Waals surface area contributed by atoms with E-state index in [4.69, 9.17) is 14.7 Å². The molecule has 2 aromatic rings. The number of hydrogen-bond acceptors (Lipinski definition) is 4. The lowest BCUT2D eigenvalue weighted by molar-refractivity contribution is 0.0734. The van der Waals surface area contributed by atoms with Crippen molar-refractivity contribution in [3.05, 3.63) is 59.4 Å². The summed E-state index contributed by atoms with van der Waals surface area (Å²) < 4.78 is 24.4. The van der Waals surface area contributed by atoms with Crippen molar-refractivity contribution in [1.29, 1.82) is 5.26 Å². The highest BCUT2D eigenvalue weighted by atomic mass is 19.1. The van der Waals surface area contributed by atoms with E-state index < -0.39 is 11.8 Å². The van der Waals surface area contributed by atoms with Crippen LogP contribution < -0.4 is 9.47 Å². The van der Waals surface area contributed by atoms with Gasteiger partial charge in [0, 0.05) is 6.07 Å². The maximum absolute atomic E-state index is 13.6. The predicted octanol–water partition coefficient (Wildman–Crippen LogP) is 5.27. The maximum Gasteiger partial charge on any atom is 0.343 e. The largest absolute Gasteiger partial charge is 0.494 e. The van der Waals surface area contributed by atoms with Crippen molar-refractivity contribution >= 4 is 5.97 Å². The Morgan fingerprint density at radius 3 is 2.48 bits per heavy atom. The number of halogens is 1. The van der Waals surface area contributed by atoms with Gasteiger partial charge in [-0.25, -0.2) is 9.18 Å². The Labute approximate surface area is 158 Å². The van der Waals surface area contributed by atoms with E-state index in [2.05, 4.69) is 0 Å². The number of nitriles is 1. The van der Waals surface area contributed by atoms with E-state index in [1.54, 1.807) is 30.3 Å². The van der Waals surface area contributed by atoms with Gasteiger partial charge in [0.15, 0.2) is 0 Å². The quantitative estimate of drug-likeness (QED) is 0.380. The minimum Gasteiger partial charge on any atom is -0.494 e. The number of hydrogen-bond donors (Lipinski definition) is 0. The Balaban J connectivity index is 1.48. The molecule has 0 saturated heterocycles. The van der Waals surface area contributed by atoms with Crippen molar-refractivity contribution in [2.45, 2.75) is 38.5 Å². The zero-order valence-electron chi connectivity index (χ0n) is 15.1. The Morgan fingerprint density at radius 2 is 1.81 bits per heavy atom. The van der Waals surface area contributed by atoms with Crippen molar-refractivity contribution in [2.24, 2.45) is 5.92 Å². The lowest BCUT2D eigenvalue weighted by atomic mass is 10.0. The average molecular weight is 367 g/mol. The Hall–Kier alpha value is -2.87. The minimum absolute atomic E-state index is 0.0590. The number of ether oxygens (including phenoxy) is 2. The van der Waals surface area contributed by atoms with Crippen LogP contribution in [0.3, 0.4) is 0 Å². The van der Waals surface area contributed by atoms with Crippen LogP contribution in [0.15, 0.2) is 42.5 Å². The summed E-state index contributed by atoms with van der Waals surface area (Å²) in [5.74, 6) is 0.319. The molecule has 0 bridgehead atoms. The molecule has 27 heavy (non-hydrogen) atoms. The highest BCUT2D eigenvalue weighted by molar-refractivity contribution is 5.91. The van der Waals surface area contributed by atoms with Crippen molar-refractivity contribution in [3.63, 3.8) is 0 Å². The van der Waals surface area contributed by atoms with Gasteiger partial charge in [-0.2, -0.15) is 5.26 Å². The SMILES string of the molecule is N#Cc1ccc(OC(=O)c2ccc(OCCCC3CCCC3)cc2)cc1F. The van der Waals surface area contributed by atoms with Crippen LogP contribution in [0.1, 0.15) is 54.4 Å². The molecule has 0 aromatic heterocycles. The molecule has 1 aliphatic rings. The minimum atomic E-state index is -0.718. The summed E-state index contributed by atoms with van der Waals surface area (Å²) in [7, 11) is 0. The lowest BCUT2D eigenvalue weighted by Crippen LogP contribution is -2.09. The van der Waals surface area contributed by atoms with E-state index in [1.807, 2.05) is 0 Å². The molecule has 2 aromatic carbocycles. The van der Waals surface area contributed by atoms with Crippen molar-refractivity contribution in [2.75, 3.05) is 6.61 Å². The third-order valence-corrected chi connectivity index (χ3v) is 4.86. The first-order valence-electron chi connectivity index (χ1n) is 9.30. The monoisotopic (exact) mass is 367 g/mol. The summed E-state index contributed by atoms with van der Waals surface area (Å²) in [5, 5.41) is 8.72. The van der Waals surface area contributed by atoms with Gasteiger partial charge in [0.1, 0.15) is 23.4 Å². The normalized spacial score (nSPS) is 13.9. The summed E-state index contributed by atoms with van der Waals surface area (Å²) in [4.78, 5) is 12.1. The number of esters is 1. The molecule has 1 aliphatic carbocycles. The Kier molecular flexibility index (Phi) is 6.43. The molecule has 1 fully saturated rings. The van der Waals surface area contributed by atoms with Crippen molar-refractivity contribution in [3.8, 4) is 17.6 Å². The fourth-order valence-corrected chi connectivity index (χ4v) is 3.36. The number of nitrogens with zero attached hydrogens (tertiary/aromatic N) is 1. The molecule has 0 radical (unpaired) electrons. The molecule has 0 N–H and O–H groups in total. The topological polar surface area (TPSA) is 59.3 Å². The smallest absolute Gasteiger partial charge is 0.343 e. The van der Waals surface area contributed by atoms with Crippen molar-refractivity contribution < 1.29 is 18.7 Å². The van der Waals surface area contributed by atoms with Gasteiger partial charge >= 0.3 is 5.97 Å². The second-order valence-electron chi connectivity index (χ2n) is 6.81. The second-order valence-corrected chi connectivity index (χ2v) is 6.81. The summed E-state index contributed by atoms with van der Waals surface area (Å²) >= 11 is 0. The number of benzene rings is 2. The van der Waals surface area contributed by atoms with Gasteiger partial charge in [0.05, 0.1) is 17.7 Å². The van der Waals surface area contributed by atoms with E-state index in [0.717, 1.165) is 18.4 Å². The molecule has 3 rings (SSSR count). The molecule has 1 saturated carbocycles. The van der Waals surface area contributed by atoms with Gasteiger partial charge in [0.2, 0.25) is 0 Å². The molecule has 0 amide bonds. The van der Waals surface area contributed by atoms with Crippen LogP contribution in [0.5, 0.6) is 11.5 Å². The third-order valence-electron chi connectivity index (χ3n) is 4.86. The van der Waals surface area contributed by atoms with Gasteiger partial charge in [-0.1, -0.05) is 25.7 Å². The van der Waals surface area contributed by atoms with E-state index in [-0.39, 0.29) is 11.3 Å². The van der Waals surface area contributed by atoms with Crippen LogP contribution in [0, 0.1) is 23.1 Å². The molecular weight excluding hydrogens is 345 g/mol. The van der Waals surface area contributed by atoms with Crippen molar-refractivity contribution in [1.82, 2.24) is 0 Å². The van der Waals surface area contributed by atoms with Gasteiger partial charge in [-0.3, -0.25) is 0 Å². The molecule has 0 heterocycles. The maximum atomic E-state index is 13.6. The average Bonchev–Trinajstić information content (AvgIpc) is 3.19. The second kappa shape index (κ2) is 9.18. The zero-order valence-corrected chi connectivity index (χ0v) is 15.1. The van der Waals surface area contributed by atoms with E-state index in [1.165, 1.54) is 44.2 Å². The van der Waals surface area contributed by atoms with Gasteiger partial charge in [0.25, 0.3) is 0 Å². The predicted molar refractivity (Wildman–Crippen MR) is 99.2 cm³/mol. The number of carbonyl (C=O) groups excluding carboxylic acids is 1. The molecule has 5 heteroatoms. The first-order valence-corrected chi connectivity index (χ1v) is 9.30. The fourth-order valence-electron chi connectivity index (χ4n) is 3.36. The Morgan fingerprint density at radius 1 is 1.11 bits per heavy atom. The highest BCUT2D eigenvalue weighted by Gasteiger charge is 2.14. The lowest BCUT2D eigenvalue weighted by Gasteiger charge is -2.10. The molecular formula is C22H22FNO3. The summed E-state index contributed by atoms with van der Waals surface area (Å²) in [6.45, 7) is 0.671. The standard InChI is InChI=1S/C22H22FNO3/c23-21-14-20(12-9-18(21)15-24)27-22(25)17-7-10-19(11-8-17)26-13-3-6-16-4-1-2-5-16/h7-12,14,16H,1-6,13H2. The van der Waals surface area contributed by atoms with Gasteiger partial charge < -0.3 is 9.47 Å².